The first kappa shape index (κ1) is 19.1. The zero-order valence-corrected chi connectivity index (χ0v) is 16.4. The number of hydrogen-bond donors (Lipinski definition) is 2. The first-order chi connectivity index (χ1) is 12.9. The minimum Gasteiger partial charge on any atom is -0.495 e. The number of carbonyl (C=O) groups is 2. The molecule has 0 saturated carbocycles. The molecule has 0 aliphatic rings. The van der Waals surface area contributed by atoms with E-state index in [0.717, 1.165) is 15.8 Å². The summed E-state index contributed by atoms with van der Waals surface area (Å²) in [5.74, 6) is 0.315. The molecule has 0 radical (unpaired) electrons. The van der Waals surface area contributed by atoms with Crippen LogP contribution in [-0.2, 0) is 16.0 Å². The lowest BCUT2D eigenvalue weighted by Crippen LogP contribution is -2.12. The van der Waals surface area contributed by atoms with Gasteiger partial charge in [-0.2, -0.15) is 0 Å². The van der Waals surface area contributed by atoms with Gasteiger partial charge in [-0.1, -0.05) is 29.0 Å². The lowest BCUT2D eigenvalue weighted by Gasteiger charge is -2.08. The summed E-state index contributed by atoms with van der Waals surface area (Å²) < 4.78 is 6.07. The molecule has 2 aromatic carbocycles. The van der Waals surface area contributed by atoms with Crippen LogP contribution in [0.15, 0.2) is 36.4 Å². The number of nitrogens with one attached hydrogen (secondary N) is 2. The number of benzene rings is 2. The van der Waals surface area contributed by atoms with Gasteiger partial charge in [-0.3, -0.25) is 9.59 Å². The van der Waals surface area contributed by atoms with Crippen molar-refractivity contribution < 1.29 is 14.3 Å². The van der Waals surface area contributed by atoms with Crippen LogP contribution in [0.25, 0.3) is 10.2 Å². The topological polar surface area (TPSA) is 80.3 Å². The fraction of sp³-hybridized carbons (Fsp3) is 0.211. The van der Waals surface area contributed by atoms with Gasteiger partial charge in [0, 0.05) is 19.0 Å². The molecule has 0 aliphatic heterocycles. The van der Waals surface area contributed by atoms with Gasteiger partial charge in [0.2, 0.25) is 11.8 Å². The summed E-state index contributed by atoms with van der Waals surface area (Å²) in [5.41, 5.74) is 2.48. The highest BCUT2D eigenvalue weighted by Gasteiger charge is 2.09. The standard InChI is InChI=1S/C19H18ClN3O3S/c1-11(24)21-19-23-15-6-3-12(9-17(15)27-19)4-8-18(25)22-13-5-7-16(26-2)14(20)10-13/h3,5-7,9-10H,4,8H2,1-2H3,(H,22,25)(H,21,23,24). The lowest BCUT2D eigenvalue weighted by atomic mass is 10.1. The summed E-state index contributed by atoms with van der Waals surface area (Å²) in [5, 5.41) is 6.54. The van der Waals surface area contributed by atoms with Gasteiger partial charge in [0.05, 0.1) is 22.3 Å². The van der Waals surface area contributed by atoms with Gasteiger partial charge < -0.3 is 15.4 Å². The van der Waals surface area contributed by atoms with Gasteiger partial charge >= 0.3 is 0 Å². The van der Waals surface area contributed by atoms with Crippen molar-refractivity contribution >= 4 is 55.8 Å². The van der Waals surface area contributed by atoms with E-state index in [2.05, 4.69) is 15.6 Å². The second-order valence-corrected chi connectivity index (χ2v) is 7.34. The SMILES string of the molecule is COc1ccc(NC(=O)CCc2ccc3nc(NC(C)=O)sc3c2)cc1Cl. The Morgan fingerprint density at radius 2 is 2.00 bits per heavy atom. The molecule has 2 amide bonds. The monoisotopic (exact) mass is 403 g/mol. The zero-order chi connectivity index (χ0) is 19.4. The highest BCUT2D eigenvalue weighted by molar-refractivity contribution is 7.22. The number of ether oxygens (including phenoxy) is 1. The number of methoxy groups -OCH3 is 1. The quantitative estimate of drug-likeness (QED) is 0.635. The molecule has 8 heteroatoms. The molecular formula is C19H18ClN3O3S. The normalized spacial score (nSPS) is 10.6. The van der Waals surface area contributed by atoms with Crippen molar-refractivity contribution in [3.05, 3.63) is 47.0 Å². The van der Waals surface area contributed by atoms with Gasteiger partial charge in [-0.15, -0.1) is 0 Å². The van der Waals surface area contributed by atoms with Crippen LogP contribution in [0.4, 0.5) is 10.8 Å². The third-order valence-corrected chi connectivity index (χ3v) is 5.04. The van der Waals surface area contributed by atoms with Crippen LogP contribution in [0.1, 0.15) is 18.9 Å². The Balaban J connectivity index is 1.61. The molecule has 0 unspecified atom stereocenters. The van der Waals surface area contributed by atoms with Gasteiger partial charge in [0.1, 0.15) is 5.75 Å². The number of aryl methyl sites for hydroxylation is 1. The maximum atomic E-state index is 12.2. The Morgan fingerprint density at radius 1 is 1.19 bits per heavy atom. The summed E-state index contributed by atoms with van der Waals surface area (Å²) in [6.45, 7) is 1.45. The smallest absolute Gasteiger partial charge is 0.224 e. The van der Waals surface area contributed by atoms with Gasteiger partial charge in [-0.25, -0.2) is 4.98 Å². The molecule has 27 heavy (non-hydrogen) atoms. The molecule has 0 aliphatic carbocycles. The molecule has 0 bridgehead atoms. The number of nitrogens with zero attached hydrogens (tertiary/aromatic N) is 1. The Hall–Kier alpha value is -2.64. The molecule has 3 rings (SSSR count). The summed E-state index contributed by atoms with van der Waals surface area (Å²) in [6.07, 6.45) is 0.936. The van der Waals surface area contributed by atoms with Crippen LogP contribution in [0.2, 0.25) is 5.02 Å². The van der Waals surface area contributed by atoms with E-state index in [1.54, 1.807) is 25.3 Å². The maximum absolute atomic E-state index is 12.2. The van der Waals surface area contributed by atoms with Crippen LogP contribution < -0.4 is 15.4 Å². The van der Waals surface area contributed by atoms with E-state index in [-0.39, 0.29) is 11.8 Å². The molecule has 0 saturated heterocycles. The lowest BCUT2D eigenvalue weighted by molar-refractivity contribution is -0.116. The van der Waals surface area contributed by atoms with Crippen molar-refractivity contribution in [2.75, 3.05) is 17.7 Å². The van der Waals surface area contributed by atoms with E-state index in [4.69, 9.17) is 16.3 Å². The average Bonchev–Trinajstić information content (AvgIpc) is 3.00. The first-order valence-corrected chi connectivity index (χ1v) is 9.44. The minimum absolute atomic E-state index is 0.0976. The van der Waals surface area contributed by atoms with Crippen molar-refractivity contribution in [1.82, 2.24) is 4.98 Å². The number of thiazole rings is 1. The number of carbonyl (C=O) groups excluding carboxylic acids is 2. The van der Waals surface area contributed by atoms with Crippen LogP contribution >= 0.6 is 22.9 Å². The molecule has 1 heterocycles. The molecule has 1 aromatic heterocycles. The molecule has 3 aromatic rings. The van der Waals surface area contributed by atoms with E-state index in [9.17, 15) is 9.59 Å². The van der Waals surface area contributed by atoms with Gasteiger partial charge in [0.15, 0.2) is 5.13 Å². The number of anilines is 2. The summed E-state index contributed by atoms with van der Waals surface area (Å²) in [6, 6.07) is 10.9. The van der Waals surface area contributed by atoms with Crippen LogP contribution in [0, 0.1) is 0 Å². The fourth-order valence-corrected chi connectivity index (χ4v) is 3.79. The second-order valence-electron chi connectivity index (χ2n) is 5.90. The third-order valence-electron chi connectivity index (χ3n) is 3.81. The summed E-state index contributed by atoms with van der Waals surface area (Å²) >= 11 is 7.48. The third kappa shape index (κ3) is 4.96. The number of hydrogen-bond acceptors (Lipinski definition) is 5. The van der Waals surface area contributed by atoms with Crippen molar-refractivity contribution in [3.8, 4) is 5.75 Å². The fourth-order valence-electron chi connectivity index (χ4n) is 2.55. The van der Waals surface area contributed by atoms with E-state index in [1.807, 2.05) is 18.2 Å². The average molecular weight is 404 g/mol. The first-order valence-electron chi connectivity index (χ1n) is 8.25. The highest BCUT2D eigenvalue weighted by Crippen LogP contribution is 2.28. The van der Waals surface area contributed by atoms with Crippen molar-refractivity contribution in [1.29, 1.82) is 0 Å². The van der Waals surface area contributed by atoms with E-state index >= 15 is 0 Å². The number of amides is 2. The van der Waals surface area contributed by atoms with E-state index in [0.29, 0.717) is 34.4 Å². The van der Waals surface area contributed by atoms with Crippen LogP contribution in [-0.4, -0.2) is 23.9 Å². The largest absolute Gasteiger partial charge is 0.495 e. The molecule has 2 N–H and O–H groups in total. The maximum Gasteiger partial charge on any atom is 0.224 e. The number of fused-ring (bicyclic) bond motifs is 1. The Morgan fingerprint density at radius 3 is 2.70 bits per heavy atom. The summed E-state index contributed by atoms with van der Waals surface area (Å²) in [4.78, 5) is 27.7. The Bertz CT molecular complexity index is 1000. The van der Waals surface area contributed by atoms with Crippen molar-refractivity contribution in [2.45, 2.75) is 19.8 Å². The van der Waals surface area contributed by atoms with Gasteiger partial charge in [-0.05, 0) is 42.3 Å². The second kappa shape index (κ2) is 8.37. The van der Waals surface area contributed by atoms with E-state index < -0.39 is 0 Å². The zero-order valence-electron chi connectivity index (χ0n) is 14.8. The van der Waals surface area contributed by atoms with Gasteiger partial charge in [0.25, 0.3) is 0 Å². The molecule has 140 valence electrons. The van der Waals surface area contributed by atoms with Crippen LogP contribution in [0.5, 0.6) is 5.75 Å². The van der Waals surface area contributed by atoms with E-state index in [1.165, 1.54) is 18.3 Å². The molecular weight excluding hydrogens is 386 g/mol. The number of aromatic nitrogens is 1. The van der Waals surface area contributed by atoms with Crippen LogP contribution in [0.3, 0.4) is 0 Å². The highest BCUT2D eigenvalue weighted by atomic mass is 35.5. The predicted octanol–water partition coefficient (Wildman–Crippen LogP) is 4.49. The summed E-state index contributed by atoms with van der Waals surface area (Å²) in [7, 11) is 1.54. The molecule has 0 atom stereocenters. The Labute approximate surface area is 165 Å². The number of halogens is 1. The molecule has 6 nitrogen and oxygen atoms in total. The molecule has 0 fully saturated rings. The predicted molar refractivity (Wildman–Crippen MR) is 109 cm³/mol. The molecule has 0 spiro atoms. The Kier molecular flexibility index (Phi) is 5.93. The number of rotatable bonds is 6. The van der Waals surface area contributed by atoms with Crippen molar-refractivity contribution in [3.63, 3.8) is 0 Å². The van der Waals surface area contributed by atoms with Crippen molar-refractivity contribution in [2.24, 2.45) is 0 Å². The minimum atomic E-state index is -0.149.